The van der Waals surface area contributed by atoms with Crippen LogP contribution in [0.3, 0.4) is 0 Å². The molecule has 2 aromatic carbocycles. The smallest absolute Gasteiger partial charge is 0.256 e. The fourth-order valence-corrected chi connectivity index (χ4v) is 3.82. The number of benzene rings is 2. The van der Waals surface area contributed by atoms with Crippen LogP contribution >= 0.6 is 11.8 Å². The van der Waals surface area contributed by atoms with Gasteiger partial charge >= 0.3 is 0 Å². The zero-order valence-electron chi connectivity index (χ0n) is 14.7. The Bertz CT molecular complexity index is 916. The van der Waals surface area contributed by atoms with Gasteiger partial charge in [-0.15, -0.1) is 0 Å². The summed E-state index contributed by atoms with van der Waals surface area (Å²) in [7, 11) is 0. The molecule has 0 unspecified atom stereocenters. The van der Waals surface area contributed by atoms with Gasteiger partial charge in [-0.1, -0.05) is 23.9 Å². The van der Waals surface area contributed by atoms with E-state index in [4.69, 9.17) is 4.42 Å². The summed E-state index contributed by atoms with van der Waals surface area (Å²) in [4.78, 5) is 18.5. The van der Waals surface area contributed by atoms with Crippen molar-refractivity contribution in [3.8, 4) is 11.3 Å². The summed E-state index contributed by atoms with van der Waals surface area (Å²) in [5, 5.41) is 0.562. The standard InChI is InChI=1S/C21H19FN2O2S/c22-18-9-7-16(8-10-18)19-13-23-21(26-19)27-14-15-3-5-17(6-4-15)20(25)24-11-1-2-12-24/h3-10,13H,1-2,11-12,14H2. The molecule has 1 saturated heterocycles. The first kappa shape index (κ1) is 17.8. The molecular weight excluding hydrogens is 363 g/mol. The Labute approximate surface area is 161 Å². The third-order valence-electron chi connectivity index (χ3n) is 4.57. The third kappa shape index (κ3) is 4.22. The van der Waals surface area contributed by atoms with Gasteiger partial charge in [-0.3, -0.25) is 4.79 Å². The van der Waals surface area contributed by atoms with E-state index in [1.54, 1.807) is 18.3 Å². The molecule has 0 saturated carbocycles. The van der Waals surface area contributed by atoms with Gasteiger partial charge in [0, 0.05) is 30.0 Å². The molecule has 0 bridgehead atoms. The van der Waals surface area contributed by atoms with Gasteiger partial charge in [0.1, 0.15) is 5.82 Å². The first-order chi connectivity index (χ1) is 13.2. The van der Waals surface area contributed by atoms with Crippen LogP contribution in [-0.2, 0) is 5.75 Å². The number of nitrogens with zero attached hydrogens (tertiary/aromatic N) is 2. The molecule has 4 rings (SSSR count). The largest absolute Gasteiger partial charge is 0.431 e. The number of hydrogen-bond donors (Lipinski definition) is 0. The maximum absolute atomic E-state index is 13.0. The number of carbonyl (C=O) groups is 1. The highest BCUT2D eigenvalue weighted by molar-refractivity contribution is 7.98. The Kier molecular flexibility index (Phi) is 5.25. The third-order valence-corrected chi connectivity index (χ3v) is 5.48. The lowest BCUT2D eigenvalue weighted by Crippen LogP contribution is -2.27. The van der Waals surface area contributed by atoms with Gasteiger partial charge in [0.2, 0.25) is 0 Å². The van der Waals surface area contributed by atoms with Gasteiger partial charge in [-0.2, -0.15) is 0 Å². The van der Waals surface area contributed by atoms with E-state index in [-0.39, 0.29) is 11.7 Å². The number of amides is 1. The highest BCUT2D eigenvalue weighted by Gasteiger charge is 2.19. The Hall–Kier alpha value is -2.60. The van der Waals surface area contributed by atoms with Gasteiger partial charge in [-0.25, -0.2) is 9.37 Å². The molecule has 2 heterocycles. The van der Waals surface area contributed by atoms with Crippen molar-refractivity contribution in [2.45, 2.75) is 23.8 Å². The molecule has 1 aliphatic heterocycles. The second-order valence-electron chi connectivity index (χ2n) is 6.48. The Morgan fingerprint density at radius 2 is 1.78 bits per heavy atom. The van der Waals surface area contributed by atoms with Crippen molar-refractivity contribution in [3.63, 3.8) is 0 Å². The lowest BCUT2D eigenvalue weighted by molar-refractivity contribution is 0.0793. The quantitative estimate of drug-likeness (QED) is 0.582. The number of aromatic nitrogens is 1. The summed E-state index contributed by atoms with van der Waals surface area (Å²) in [6.07, 6.45) is 3.83. The molecule has 1 aliphatic rings. The number of thioether (sulfide) groups is 1. The van der Waals surface area contributed by atoms with Crippen molar-refractivity contribution in [1.82, 2.24) is 9.88 Å². The Balaban J connectivity index is 1.36. The Morgan fingerprint density at radius 1 is 1.07 bits per heavy atom. The highest BCUT2D eigenvalue weighted by atomic mass is 32.2. The second kappa shape index (κ2) is 7.96. The minimum Gasteiger partial charge on any atom is -0.431 e. The summed E-state index contributed by atoms with van der Waals surface area (Å²) >= 11 is 1.48. The van der Waals surface area contributed by atoms with Crippen LogP contribution in [0.15, 0.2) is 64.4 Å². The van der Waals surface area contributed by atoms with Gasteiger partial charge in [0.15, 0.2) is 5.76 Å². The SMILES string of the molecule is O=C(c1ccc(CSc2ncc(-c3ccc(F)cc3)o2)cc1)N1CCCC1. The number of carbonyl (C=O) groups excluding carboxylic acids is 1. The molecule has 138 valence electrons. The van der Waals surface area contributed by atoms with Crippen LogP contribution < -0.4 is 0 Å². The van der Waals surface area contributed by atoms with E-state index in [1.165, 1.54) is 23.9 Å². The fourth-order valence-electron chi connectivity index (χ4n) is 3.06. The lowest BCUT2D eigenvalue weighted by Gasteiger charge is -2.15. The van der Waals surface area contributed by atoms with Gasteiger partial charge in [-0.05, 0) is 54.8 Å². The molecule has 0 aliphatic carbocycles. The summed E-state index contributed by atoms with van der Waals surface area (Å²) in [6, 6.07) is 13.8. The normalized spacial score (nSPS) is 13.9. The van der Waals surface area contributed by atoms with Crippen LogP contribution in [0.25, 0.3) is 11.3 Å². The minimum absolute atomic E-state index is 0.114. The predicted molar refractivity (Wildman–Crippen MR) is 103 cm³/mol. The van der Waals surface area contributed by atoms with Gasteiger partial charge in [0.05, 0.1) is 6.20 Å². The fraction of sp³-hybridized carbons (Fsp3) is 0.238. The van der Waals surface area contributed by atoms with E-state index < -0.39 is 0 Å². The molecule has 27 heavy (non-hydrogen) atoms. The van der Waals surface area contributed by atoms with Crippen LogP contribution in [0.2, 0.25) is 0 Å². The van der Waals surface area contributed by atoms with E-state index in [0.717, 1.165) is 42.6 Å². The number of hydrogen-bond acceptors (Lipinski definition) is 4. The van der Waals surface area contributed by atoms with E-state index >= 15 is 0 Å². The first-order valence-electron chi connectivity index (χ1n) is 8.92. The molecule has 1 aromatic heterocycles. The number of likely N-dealkylation sites (tertiary alicyclic amines) is 1. The molecule has 4 nitrogen and oxygen atoms in total. The molecule has 1 fully saturated rings. The van der Waals surface area contributed by atoms with Crippen molar-refractivity contribution in [1.29, 1.82) is 0 Å². The van der Waals surface area contributed by atoms with Crippen LogP contribution in [0.1, 0.15) is 28.8 Å². The predicted octanol–water partition coefficient (Wildman–Crippen LogP) is 5.01. The van der Waals surface area contributed by atoms with Crippen LogP contribution in [-0.4, -0.2) is 28.9 Å². The van der Waals surface area contributed by atoms with Crippen LogP contribution in [0.5, 0.6) is 0 Å². The average molecular weight is 382 g/mol. The molecule has 1 amide bonds. The number of halogens is 1. The number of oxazole rings is 1. The van der Waals surface area contributed by atoms with E-state index in [9.17, 15) is 9.18 Å². The molecule has 0 spiro atoms. The highest BCUT2D eigenvalue weighted by Crippen LogP contribution is 2.28. The van der Waals surface area contributed by atoms with Crippen LogP contribution in [0.4, 0.5) is 4.39 Å². The van der Waals surface area contributed by atoms with E-state index in [0.29, 0.717) is 16.7 Å². The topological polar surface area (TPSA) is 46.3 Å². The van der Waals surface area contributed by atoms with Crippen LogP contribution in [0, 0.1) is 5.82 Å². The van der Waals surface area contributed by atoms with Crippen molar-refractivity contribution in [2.24, 2.45) is 0 Å². The lowest BCUT2D eigenvalue weighted by atomic mass is 10.1. The van der Waals surface area contributed by atoms with Crippen molar-refractivity contribution in [2.75, 3.05) is 13.1 Å². The monoisotopic (exact) mass is 382 g/mol. The van der Waals surface area contributed by atoms with E-state index in [2.05, 4.69) is 4.98 Å². The minimum atomic E-state index is -0.278. The summed E-state index contributed by atoms with van der Waals surface area (Å²) in [5.41, 5.74) is 2.63. The molecule has 0 radical (unpaired) electrons. The van der Waals surface area contributed by atoms with Gasteiger partial charge < -0.3 is 9.32 Å². The first-order valence-corrected chi connectivity index (χ1v) is 9.90. The van der Waals surface area contributed by atoms with E-state index in [1.807, 2.05) is 29.2 Å². The molecule has 0 N–H and O–H groups in total. The second-order valence-corrected chi connectivity index (χ2v) is 7.41. The van der Waals surface area contributed by atoms with Crippen molar-refractivity contribution < 1.29 is 13.6 Å². The zero-order valence-corrected chi connectivity index (χ0v) is 15.5. The maximum atomic E-state index is 13.0. The summed E-state index contributed by atoms with van der Waals surface area (Å²) in [5.74, 6) is 1.15. The number of rotatable bonds is 5. The molecule has 6 heteroatoms. The van der Waals surface area contributed by atoms with Gasteiger partial charge in [0.25, 0.3) is 11.1 Å². The Morgan fingerprint density at radius 3 is 2.48 bits per heavy atom. The summed E-state index contributed by atoms with van der Waals surface area (Å²) < 4.78 is 18.7. The molecular formula is C21H19FN2O2S. The van der Waals surface area contributed by atoms with Crippen molar-refractivity contribution >= 4 is 17.7 Å². The average Bonchev–Trinajstić information content (AvgIpc) is 3.39. The zero-order chi connectivity index (χ0) is 18.6. The maximum Gasteiger partial charge on any atom is 0.256 e. The van der Waals surface area contributed by atoms with Crippen molar-refractivity contribution in [3.05, 3.63) is 71.7 Å². The summed E-state index contributed by atoms with van der Waals surface area (Å²) in [6.45, 7) is 1.72. The molecule has 0 atom stereocenters. The molecule has 3 aromatic rings.